The lowest BCUT2D eigenvalue weighted by atomic mass is 10.1. The minimum absolute atomic E-state index is 0.0799. The summed E-state index contributed by atoms with van der Waals surface area (Å²) < 4.78 is 0. The van der Waals surface area contributed by atoms with E-state index in [-0.39, 0.29) is 18.5 Å². The molecule has 0 saturated heterocycles. The van der Waals surface area contributed by atoms with Crippen molar-refractivity contribution in [2.24, 2.45) is 0 Å². The number of nitrogens with zero attached hydrogens (tertiary/aromatic N) is 1. The molecule has 0 rings (SSSR count). The average Bonchev–Trinajstić information content (AvgIpc) is 2.42. The van der Waals surface area contributed by atoms with E-state index in [4.69, 9.17) is 5.11 Å². The van der Waals surface area contributed by atoms with Crippen LogP contribution in [0.4, 0.5) is 4.79 Å². The van der Waals surface area contributed by atoms with E-state index in [9.17, 15) is 9.59 Å². The van der Waals surface area contributed by atoms with Gasteiger partial charge in [-0.3, -0.25) is 9.69 Å². The third-order valence-corrected chi connectivity index (χ3v) is 3.60. The van der Waals surface area contributed by atoms with E-state index in [0.717, 1.165) is 19.3 Å². The molecule has 2 amide bonds. The summed E-state index contributed by atoms with van der Waals surface area (Å²) in [6.07, 6.45) is 8.29. The quantitative estimate of drug-likeness (QED) is 0.573. The molecule has 1 unspecified atom stereocenters. The van der Waals surface area contributed by atoms with Crippen molar-refractivity contribution in [2.75, 3.05) is 13.6 Å². The number of carbonyl (C=O) groups excluding carboxylic acids is 1. The fourth-order valence-electron chi connectivity index (χ4n) is 2.20. The van der Waals surface area contributed by atoms with Crippen LogP contribution in [0.2, 0.25) is 0 Å². The molecule has 118 valence electrons. The normalized spacial score (nSPS) is 11.9. The number of carbonyl (C=O) groups is 2. The summed E-state index contributed by atoms with van der Waals surface area (Å²) in [7, 11) is 1.52. The van der Waals surface area contributed by atoms with Gasteiger partial charge in [0.05, 0.1) is 0 Å². The first-order valence-corrected chi connectivity index (χ1v) is 7.73. The molecule has 0 spiro atoms. The molecule has 0 aromatic rings. The van der Waals surface area contributed by atoms with E-state index >= 15 is 0 Å². The SMILES string of the molecule is CCCCCCCCCC(C)N(CC(=O)NC)C(=O)O. The Labute approximate surface area is 122 Å². The summed E-state index contributed by atoms with van der Waals surface area (Å²) in [5.74, 6) is -0.265. The molecule has 0 radical (unpaired) electrons. The van der Waals surface area contributed by atoms with E-state index in [1.165, 1.54) is 44.1 Å². The molecule has 0 aromatic heterocycles. The first-order valence-electron chi connectivity index (χ1n) is 7.73. The molecule has 0 aromatic carbocycles. The second-order valence-corrected chi connectivity index (χ2v) is 5.34. The van der Waals surface area contributed by atoms with Crippen LogP contribution in [-0.2, 0) is 4.79 Å². The van der Waals surface area contributed by atoms with Crippen molar-refractivity contribution in [3.63, 3.8) is 0 Å². The zero-order chi connectivity index (χ0) is 15.4. The Kier molecular flexibility index (Phi) is 10.8. The predicted molar refractivity (Wildman–Crippen MR) is 80.9 cm³/mol. The zero-order valence-electron chi connectivity index (χ0n) is 13.2. The lowest BCUT2D eigenvalue weighted by Gasteiger charge is -2.25. The van der Waals surface area contributed by atoms with Gasteiger partial charge in [-0.25, -0.2) is 4.79 Å². The molecule has 0 aliphatic rings. The van der Waals surface area contributed by atoms with E-state index in [1.807, 2.05) is 6.92 Å². The van der Waals surface area contributed by atoms with Crippen LogP contribution < -0.4 is 5.32 Å². The molecule has 0 bridgehead atoms. The van der Waals surface area contributed by atoms with Crippen LogP contribution in [0.25, 0.3) is 0 Å². The van der Waals surface area contributed by atoms with Crippen molar-refractivity contribution in [2.45, 2.75) is 71.3 Å². The summed E-state index contributed by atoms with van der Waals surface area (Å²) in [5, 5.41) is 11.6. The highest BCUT2D eigenvalue weighted by Crippen LogP contribution is 2.12. The number of carboxylic acid groups (broad SMARTS) is 1. The monoisotopic (exact) mass is 286 g/mol. The van der Waals surface area contributed by atoms with Crippen molar-refractivity contribution in [3.8, 4) is 0 Å². The molecule has 2 N–H and O–H groups in total. The van der Waals surface area contributed by atoms with Gasteiger partial charge in [-0.05, 0) is 13.3 Å². The van der Waals surface area contributed by atoms with Gasteiger partial charge in [0.15, 0.2) is 0 Å². The van der Waals surface area contributed by atoms with Crippen LogP contribution in [0.15, 0.2) is 0 Å². The van der Waals surface area contributed by atoms with Gasteiger partial charge in [-0.15, -0.1) is 0 Å². The zero-order valence-corrected chi connectivity index (χ0v) is 13.2. The standard InChI is InChI=1S/C15H30N2O3/c1-4-5-6-7-8-9-10-11-13(2)17(15(19)20)12-14(18)16-3/h13H,4-12H2,1-3H3,(H,16,18)(H,19,20). The summed E-state index contributed by atoms with van der Waals surface area (Å²) in [4.78, 5) is 23.7. The fraction of sp³-hybridized carbons (Fsp3) is 0.867. The third-order valence-electron chi connectivity index (χ3n) is 3.60. The van der Waals surface area contributed by atoms with E-state index in [2.05, 4.69) is 12.2 Å². The molecule has 5 heteroatoms. The number of hydrogen-bond donors (Lipinski definition) is 2. The van der Waals surface area contributed by atoms with Crippen molar-refractivity contribution >= 4 is 12.0 Å². The predicted octanol–water partition coefficient (Wildman–Crippen LogP) is 3.24. The Morgan fingerprint density at radius 2 is 1.65 bits per heavy atom. The lowest BCUT2D eigenvalue weighted by molar-refractivity contribution is -0.121. The number of likely N-dealkylation sites (N-methyl/N-ethyl adjacent to an activating group) is 1. The van der Waals surface area contributed by atoms with Crippen molar-refractivity contribution < 1.29 is 14.7 Å². The molecule has 0 saturated carbocycles. The van der Waals surface area contributed by atoms with Crippen molar-refractivity contribution in [1.82, 2.24) is 10.2 Å². The second kappa shape index (κ2) is 11.6. The van der Waals surface area contributed by atoms with Gasteiger partial charge in [-0.1, -0.05) is 51.9 Å². The van der Waals surface area contributed by atoms with Gasteiger partial charge in [-0.2, -0.15) is 0 Å². The second-order valence-electron chi connectivity index (χ2n) is 5.34. The Morgan fingerprint density at radius 1 is 1.10 bits per heavy atom. The summed E-state index contributed by atoms with van der Waals surface area (Å²) >= 11 is 0. The molecular formula is C15H30N2O3. The van der Waals surface area contributed by atoms with Gasteiger partial charge in [0.25, 0.3) is 0 Å². The van der Waals surface area contributed by atoms with Crippen molar-refractivity contribution in [3.05, 3.63) is 0 Å². The molecule has 0 heterocycles. The van der Waals surface area contributed by atoms with Gasteiger partial charge in [0, 0.05) is 13.1 Å². The van der Waals surface area contributed by atoms with Gasteiger partial charge < -0.3 is 10.4 Å². The highest BCUT2D eigenvalue weighted by Gasteiger charge is 2.21. The maximum Gasteiger partial charge on any atom is 0.408 e. The third kappa shape index (κ3) is 8.77. The van der Waals surface area contributed by atoms with E-state index in [1.54, 1.807) is 0 Å². The molecule has 0 aliphatic heterocycles. The minimum atomic E-state index is -1.02. The topological polar surface area (TPSA) is 69.6 Å². The number of unbranched alkanes of at least 4 members (excludes halogenated alkanes) is 6. The highest BCUT2D eigenvalue weighted by molar-refractivity contribution is 5.81. The lowest BCUT2D eigenvalue weighted by Crippen LogP contribution is -2.44. The number of nitrogens with one attached hydrogen (secondary N) is 1. The first-order chi connectivity index (χ1) is 9.52. The maximum absolute atomic E-state index is 11.3. The van der Waals surface area contributed by atoms with Crippen LogP contribution in [0.1, 0.15) is 65.2 Å². The molecular weight excluding hydrogens is 256 g/mol. The minimum Gasteiger partial charge on any atom is -0.465 e. The van der Waals surface area contributed by atoms with Crippen LogP contribution in [0.3, 0.4) is 0 Å². The maximum atomic E-state index is 11.3. The molecule has 20 heavy (non-hydrogen) atoms. The first kappa shape index (κ1) is 18.7. The Hall–Kier alpha value is -1.26. The Balaban J connectivity index is 3.87. The van der Waals surface area contributed by atoms with Crippen LogP contribution >= 0.6 is 0 Å². The molecule has 0 aliphatic carbocycles. The molecule has 5 nitrogen and oxygen atoms in total. The van der Waals surface area contributed by atoms with Crippen LogP contribution in [0.5, 0.6) is 0 Å². The Bertz CT molecular complexity index is 282. The summed E-state index contributed by atoms with van der Waals surface area (Å²) in [6.45, 7) is 3.99. The number of amides is 2. The molecule has 1 atom stereocenters. The number of hydrogen-bond acceptors (Lipinski definition) is 2. The van der Waals surface area contributed by atoms with Gasteiger partial charge in [0.2, 0.25) is 5.91 Å². The molecule has 0 fully saturated rings. The largest absolute Gasteiger partial charge is 0.465 e. The fourth-order valence-corrected chi connectivity index (χ4v) is 2.20. The highest BCUT2D eigenvalue weighted by atomic mass is 16.4. The van der Waals surface area contributed by atoms with Crippen LogP contribution in [-0.4, -0.2) is 41.6 Å². The van der Waals surface area contributed by atoms with Crippen molar-refractivity contribution in [1.29, 1.82) is 0 Å². The van der Waals surface area contributed by atoms with E-state index in [0.29, 0.717) is 0 Å². The Morgan fingerprint density at radius 3 is 2.15 bits per heavy atom. The van der Waals surface area contributed by atoms with Crippen LogP contribution in [0, 0.1) is 0 Å². The number of rotatable bonds is 11. The van der Waals surface area contributed by atoms with Gasteiger partial charge in [0.1, 0.15) is 6.54 Å². The smallest absolute Gasteiger partial charge is 0.408 e. The average molecular weight is 286 g/mol. The van der Waals surface area contributed by atoms with Gasteiger partial charge >= 0.3 is 6.09 Å². The summed E-state index contributed by atoms with van der Waals surface area (Å²) in [6, 6.07) is -0.111. The summed E-state index contributed by atoms with van der Waals surface area (Å²) in [5.41, 5.74) is 0. The van der Waals surface area contributed by atoms with E-state index < -0.39 is 6.09 Å².